The maximum atomic E-state index is 11.7. The highest BCUT2D eigenvalue weighted by molar-refractivity contribution is 8.00. The average molecular weight is 427 g/mol. The standard InChI is InChI=1S/C21H18N2O2S3/c1-14-6-11-19-20(12-14)26-21(22-19)15-7-9-16(10-8-15)23-27-17-4-3-5-18(13-17)28(2,24)25/h3-13,23H,1-2H3. The van der Waals surface area contributed by atoms with Gasteiger partial charge in [0.05, 0.1) is 15.1 Å². The molecule has 1 aromatic heterocycles. The van der Waals surface area contributed by atoms with Crippen LogP contribution in [0, 0.1) is 6.92 Å². The lowest BCUT2D eigenvalue weighted by Gasteiger charge is -2.07. The summed E-state index contributed by atoms with van der Waals surface area (Å²) < 4.78 is 27.8. The normalized spacial score (nSPS) is 11.6. The van der Waals surface area contributed by atoms with E-state index in [0.717, 1.165) is 26.7 Å². The van der Waals surface area contributed by atoms with E-state index < -0.39 is 9.84 Å². The molecular weight excluding hydrogens is 408 g/mol. The van der Waals surface area contributed by atoms with Crippen LogP contribution in [0.25, 0.3) is 20.8 Å². The van der Waals surface area contributed by atoms with Gasteiger partial charge in [-0.05, 0) is 79.0 Å². The summed E-state index contributed by atoms with van der Waals surface area (Å²) in [5.74, 6) is 0. The molecule has 7 heteroatoms. The van der Waals surface area contributed by atoms with Gasteiger partial charge in [-0.2, -0.15) is 0 Å². The van der Waals surface area contributed by atoms with E-state index in [1.165, 1.54) is 28.5 Å². The molecule has 4 nitrogen and oxygen atoms in total. The fourth-order valence-corrected chi connectivity index (χ4v) is 5.24. The van der Waals surface area contributed by atoms with Crippen molar-refractivity contribution in [3.63, 3.8) is 0 Å². The van der Waals surface area contributed by atoms with Gasteiger partial charge >= 0.3 is 0 Å². The Hall–Kier alpha value is -2.35. The van der Waals surface area contributed by atoms with Gasteiger partial charge in [0.25, 0.3) is 0 Å². The first-order valence-electron chi connectivity index (χ1n) is 8.59. The van der Waals surface area contributed by atoms with E-state index in [2.05, 4.69) is 29.8 Å². The van der Waals surface area contributed by atoms with E-state index in [1.807, 2.05) is 30.3 Å². The number of benzene rings is 3. The number of aryl methyl sites for hydroxylation is 1. The number of fused-ring (bicyclic) bond motifs is 1. The number of nitrogens with zero attached hydrogens (tertiary/aromatic N) is 1. The highest BCUT2D eigenvalue weighted by atomic mass is 32.2. The predicted octanol–water partition coefficient (Wildman–Crippen LogP) is 5.79. The fourth-order valence-electron chi connectivity index (χ4n) is 2.72. The van der Waals surface area contributed by atoms with Crippen LogP contribution in [-0.2, 0) is 9.84 Å². The van der Waals surface area contributed by atoms with Crippen LogP contribution in [0.15, 0.2) is 76.5 Å². The predicted molar refractivity (Wildman–Crippen MR) is 119 cm³/mol. The molecule has 0 unspecified atom stereocenters. The van der Waals surface area contributed by atoms with Crippen molar-refractivity contribution < 1.29 is 8.42 Å². The number of anilines is 1. The van der Waals surface area contributed by atoms with Crippen LogP contribution < -0.4 is 4.72 Å². The van der Waals surface area contributed by atoms with E-state index >= 15 is 0 Å². The number of nitrogens with one attached hydrogen (secondary N) is 1. The molecule has 28 heavy (non-hydrogen) atoms. The molecule has 1 heterocycles. The Morgan fingerprint density at radius 2 is 1.79 bits per heavy atom. The molecule has 0 atom stereocenters. The van der Waals surface area contributed by atoms with Gasteiger partial charge in [0.2, 0.25) is 0 Å². The summed E-state index contributed by atoms with van der Waals surface area (Å²) in [6.45, 7) is 2.09. The maximum Gasteiger partial charge on any atom is 0.175 e. The first kappa shape index (κ1) is 19.0. The summed E-state index contributed by atoms with van der Waals surface area (Å²) in [6.07, 6.45) is 1.21. The maximum absolute atomic E-state index is 11.7. The highest BCUT2D eigenvalue weighted by Crippen LogP contribution is 2.32. The second-order valence-electron chi connectivity index (χ2n) is 6.52. The van der Waals surface area contributed by atoms with Gasteiger partial charge in [0.1, 0.15) is 5.01 Å². The van der Waals surface area contributed by atoms with Crippen molar-refractivity contribution in [3.05, 3.63) is 72.3 Å². The van der Waals surface area contributed by atoms with Crippen LogP contribution >= 0.6 is 23.3 Å². The molecule has 0 fully saturated rings. The Bertz CT molecular complexity index is 1250. The average Bonchev–Trinajstić information content (AvgIpc) is 3.09. The molecule has 0 aliphatic rings. The SMILES string of the molecule is Cc1ccc2nc(-c3ccc(NSc4cccc(S(C)(=O)=O)c4)cc3)sc2c1. The Balaban J connectivity index is 1.49. The van der Waals surface area contributed by atoms with Crippen LogP contribution in [0.4, 0.5) is 5.69 Å². The second kappa shape index (κ2) is 7.58. The smallest absolute Gasteiger partial charge is 0.175 e. The van der Waals surface area contributed by atoms with Crippen molar-refractivity contribution >= 4 is 49.0 Å². The Morgan fingerprint density at radius 3 is 2.54 bits per heavy atom. The molecule has 0 amide bonds. The van der Waals surface area contributed by atoms with Crippen molar-refractivity contribution in [3.8, 4) is 10.6 Å². The van der Waals surface area contributed by atoms with Crippen LogP contribution in [0.1, 0.15) is 5.56 Å². The first-order valence-corrected chi connectivity index (χ1v) is 12.1. The Labute approximate surface area is 172 Å². The minimum absolute atomic E-state index is 0.320. The number of hydrogen-bond acceptors (Lipinski definition) is 6. The van der Waals surface area contributed by atoms with E-state index in [-0.39, 0.29) is 0 Å². The molecular formula is C21H18N2O2S3. The Morgan fingerprint density at radius 1 is 1.00 bits per heavy atom. The summed E-state index contributed by atoms with van der Waals surface area (Å²) in [5, 5.41) is 1.00. The Kier molecular flexibility index (Phi) is 5.14. The van der Waals surface area contributed by atoms with Crippen molar-refractivity contribution in [2.45, 2.75) is 16.7 Å². The number of hydrogen-bond donors (Lipinski definition) is 1. The lowest BCUT2D eigenvalue weighted by molar-refractivity contribution is 0.601. The lowest BCUT2D eigenvalue weighted by Crippen LogP contribution is -1.97. The first-order chi connectivity index (χ1) is 13.4. The van der Waals surface area contributed by atoms with Crippen LogP contribution in [-0.4, -0.2) is 19.7 Å². The minimum atomic E-state index is -3.21. The zero-order valence-electron chi connectivity index (χ0n) is 15.3. The summed E-state index contributed by atoms with van der Waals surface area (Å²) in [4.78, 5) is 5.88. The molecule has 4 aromatic rings. The van der Waals surface area contributed by atoms with E-state index in [4.69, 9.17) is 4.98 Å². The summed E-state index contributed by atoms with van der Waals surface area (Å²) in [6, 6.07) is 21.3. The fraction of sp³-hybridized carbons (Fsp3) is 0.0952. The largest absolute Gasteiger partial charge is 0.326 e. The molecule has 0 saturated carbocycles. The van der Waals surface area contributed by atoms with Gasteiger partial charge in [0, 0.05) is 22.4 Å². The molecule has 142 valence electrons. The number of rotatable bonds is 5. The quantitative estimate of drug-likeness (QED) is 0.409. The third-order valence-corrected chi connectivity index (χ3v) is 7.20. The third-order valence-electron chi connectivity index (χ3n) is 4.20. The zero-order valence-corrected chi connectivity index (χ0v) is 17.8. The molecule has 1 N–H and O–H groups in total. The number of sulfone groups is 1. The van der Waals surface area contributed by atoms with Gasteiger partial charge in [-0.1, -0.05) is 12.1 Å². The molecule has 0 spiro atoms. The molecule has 0 radical (unpaired) electrons. The molecule has 0 bridgehead atoms. The summed E-state index contributed by atoms with van der Waals surface area (Å²) in [5.41, 5.74) is 4.28. The molecule has 4 rings (SSSR count). The molecule has 3 aromatic carbocycles. The van der Waals surface area contributed by atoms with Crippen LogP contribution in [0.5, 0.6) is 0 Å². The van der Waals surface area contributed by atoms with Gasteiger partial charge in [-0.25, -0.2) is 13.4 Å². The summed E-state index contributed by atoms with van der Waals surface area (Å²) in [7, 11) is -3.21. The zero-order chi connectivity index (χ0) is 19.7. The molecule has 0 aliphatic carbocycles. The van der Waals surface area contributed by atoms with Crippen LogP contribution in [0.2, 0.25) is 0 Å². The minimum Gasteiger partial charge on any atom is -0.326 e. The lowest BCUT2D eigenvalue weighted by atomic mass is 10.2. The van der Waals surface area contributed by atoms with E-state index in [0.29, 0.717) is 4.90 Å². The molecule has 0 aliphatic heterocycles. The van der Waals surface area contributed by atoms with Crippen molar-refractivity contribution in [2.24, 2.45) is 0 Å². The monoisotopic (exact) mass is 426 g/mol. The molecule has 0 saturated heterocycles. The highest BCUT2D eigenvalue weighted by Gasteiger charge is 2.09. The van der Waals surface area contributed by atoms with Gasteiger partial charge < -0.3 is 4.72 Å². The third kappa shape index (κ3) is 4.22. The van der Waals surface area contributed by atoms with Gasteiger partial charge in [-0.3, -0.25) is 0 Å². The summed E-state index contributed by atoms with van der Waals surface area (Å²) >= 11 is 3.07. The number of aromatic nitrogens is 1. The van der Waals surface area contributed by atoms with Crippen molar-refractivity contribution in [1.82, 2.24) is 4.98 Å². The van der Waals surface area contributed by atoms with Gasteiger partial charge in [-0.15, -0.1) is 11.3 Å². The second-order valence-corrected chi connectivity index (χ2v) is 10.4. The topological polar surface area (TPSA) is 59.1 Å². The van der Waals surface area contributed by atoms with E-state index in [1.54, 1.807) is 29.5 Å². The van der Waals surface area contributed by atoms with Crippen molar-refractivity contribution in [2.75, 3.05) is 11.0 Å². The van der Waals surface area contributed by atoms with Crippen molar-refractivity contribution in [1.29, 1.82) is 0 Å². The van der Waals surface area contributed by atoms with Gasteiger partial charge in [0.15, 0.2) is 9.84 Å². The number of thiazole rings is 1. The van der Waals surface area contributed by atoms with Crippen LogP contribution in [0.3, 0.4) is 0 Å². The van der Waals surface area contributed by atoms with E-state index in [9.17, 15) is 8.42 Å².